The van der Waals surface area contributed by atoms with E-state index in [4.69, 9.17) is 15.0 Å². The molecular formula is C52H36N4. The number of rotatable bonds is 6. The van der Waals surface area contributed by atoms with Gasteiger partial charge in [0, 0.05) is 50.4 Å². The molecule has 2 aliphatic carbocycles. The fourth-order valence-electron chi connectivity index (χ4n) is 10.4. The van der Waals surface area contributed by atoms with E-state index in [1.807, 2.05) is 24.3 Å². The highest BCUT2D eigenvalue weighted by atomic mass is 15.1. The van der Waals surface area contributed by atoms with Crippen molar-refractivity contribution >= 4 is 10.9 Å². The number of benzene rings is 7. The molecule has 4 heteroatoms. The minimum atomic E-state index is 0.144. The van der Waals surface area contributed by atoms with Gasteiger partial charge >= 0.3 is 0 Å². The summed E-state index contributed by atoms with van der Waals surface area (Å²) in [6.07, 6.45) is 1.21. The molecule has 0 saturated heterocycles. The first kappa shape index (κ1) is 31.4. The molecule has 0 bridgehead atoms. The van der Waals surface area contributed by atoms with Crippen LogP contribution in [0.25, 0.3) is 73.0 Å². The maximum atomic E-state index is 5.10. The molecule has 3 aliphatic rings. The van der Waals surface area contributed by atoms with Crippen molar-refractivity contribution < 1.29 is 0 Å². The Labute approximate surface area is 325 Å². The van der Waals surface area contributed by atoms with E-state index in [-0.39, 0.29) is 5.41 Å². The van der Waals surface area contributed by atoms with E-state index in [0.29, 0.717) is 35.2 Å². The lowest BCUT2D eigenvalue weighted by atomic mass is 9.64. The van der Waals surface area contributed by atoms with Crippen LogP contribution < -0.4 is 0 Å². The lowest BCUT2D eigenvalue weighted by Gasteiger charge is -2.44. The third kappa shape index (κ3) is 4.50. The highest BCUT2D eigenvalue weighted by Crippen LogP contribution is 2.84. The first-order valence-electron chi connectivity index (χ1n) is 19.6. The van der Waals surface area contributed by atoms with Gasteiger partial charge in [-0.1, -0.05) is 176 Å². The summed E-state index contributed by atoms with van der Waals surface area (Å²) in [5, 5.41) is 1.30. The number of fused-ring (bicyclic) bond motifs is 6. The molecule has 3 unspecified atom stereocenters. The standard InChI is InChI=1S/C52H36N4/c1-4-14-33(15-5-1)34-24-28-38(29-25-34)50-53-49(37-18-8-3-9-19-37)54-51(55-50)39-30-26-35(27-31-39)46-40-20-10-12-22-44(40)56-45-23-13-11-21-41(45)52-42(32-43(52)48(46)56)47(52)36-16-6-2-7-17-36/h1-31,42-43,47H,32H2/t42?,43?,47-,52?/m0/s1. The molecule has 2 fully saturated rings. The molecule has 12 rings (SSSR count). The molecule has 4 nitrogen and oxygen atoms in total. The molecule has 1 aliphatic heterocycles. The van der Waals surface area contributed by atoms with E-state index in [1.54, 1.807) is 0 Å². The van der Waals surface area contributed by atoms with Crippen molar-refractivity contribution in [3.63, 3.8) is 0 Å². The van der Waals surface area contributed by atoms with E-state index in [0.717, 1.165) is 22.3 Å². The number of aromatic nitrogens is 4. The Kier molecular flexibility index (Phi) is 6.76. The second-order valence-electron chi connectivity index (χ2n) is 15.5. The van der Waals surface area contributed by atoms with Crippen LogP contribution in [0.5, 0.6) is 0 Å². The Hall–Kier alpha value is -6.91. The van der Waals surface area contributed by atoms with Crippen LogP contribution in [-0.2, 0) is 5.41 Å². The van der Waals surface area contributed by atoms with Crippen molar-refractivity contribution in [1.29, 1.82) is 0 Å². The van der Waals surface area contributed by atoms with Gasteiger partial charge in [0.1, 0.15) is 0 Å². The van der Waals surface area contributed by atoms with Crippen LogP contribution in [-0.4, -0.2) is 19.5 Å². The number of para-hydroxylation sites is 2. The van der Waals surface area contributed by atoms with Gasteiger partial charge in [0.15, 0.2) is 17.5 Å². The van der Waals surface area contributed by atoms with Gasteiger partial charge in [0.05, 0.1) is 5.52 Å². The Morgan fingerprint density at radius 1 is 0.446 bits per heavy atom. The van der Waals surface area contributed by atoms with Gasteiger partial charge in [-0.3, -0.25) is 0 Å². The Morgan fingerprint density at radius 3 is 1.59 bits per heavy atom. The van der Waals surface area contributed by atoms with Gasteiger partial charge in [-0.05, 0) is 58.2 Å². The topological polar surface area (TPSA) is 43.6 Å². The van der Waals surface area contributed by atoms with Gasteiger partial charge in [-0.25, -0.2) is 15.0 Å². The zero-order valence-electron chi connectivity index (χ0n) is 30.6. The zero-order chi connectivity index (χ0) is 36.8. The van der Waals surface area contributed by atoms with E-state index in [2.05, 4.69) is 168 Å². The maximum absolute atomic E-state index is 5.10. The summed E-state index contributed by atoms with van der Waals surface area (Å²) in [6.45, 7) is 0. The van der Waals surface area contributed by atoms with E-state index >= 15 is 0 Å². The second kappa shape index (κ2) is 12.0. The lowest BCUT2D eigenvalue weighted by molar-refractivity contribution is 0.309. The molecule has 7 aromatic carbocycles. The molecule has 1 spiro atoms. The summed E-state index contributed by atoms with van der Waals surface area (Å²) in [4.78, 5) is 15.2. The fourth-order valence-corrected chi connectivity index (χ4v) is 10.4. The summed E-state index contributed by atoms with van der Waals surface area (Å²) in [6, 6.07) is 67.5. The quantitative estimate of drug-likeness (QED) is 0.172. The van der Waals surface area contributed by atoms with E-state index in [1.165, 1.54) is 56.5 Å². The first-order chi connectivity index (χ1) is 27.8. The largest absolute Gasteiger partial charge is 0.312 e. The van der Waals surface area contributed by atoms with Crippen LogP contribution >= 0.6 is 0 Å². The average molecular weight is 717 g/mol. The third-order valence-electron chi connectivity index (χ3n) is 12.8. The van der Waals surface area contributed by atoms with Gasteiger partial charge < -0.3 is 4.57 Å². The van der Waals surface area contributed by atoms with Crippen LogP contribution in [0.2, 0.25) is 0 Å². The SMILES string of the molecule is c1ccc(-c2ccc(-c3nc(-c4ccccc4)nc(-c4ccc(-c5c6n(c7ccccc57)-c5ccccc5C57C6CC5[C@@H]7c5ccccc5)cc4)n3)cc2)cc1. The fraction of sp³-hybridized carbons (Fsp3) is 0.0962. The highest BCUT2D eigenvalue weighted by molar-refractivity contribution is 6.01. The van der Waals surface area contributed by atoms with Crippen molar-refractivity contribution in [3.05, 3.63) is 205 Å². The summed E-state index contributed by atoms with van der Waals surface area (Å²) in [5.41, 5.74) is 15.0. The molecule has 0 amide bonds. The molecule has 2 aromatic heterocycles. The van der Waals surface area contributed by atoms with Gasteiger partial charge in [0.25, 0.3) is 0 Å². The molecule has 56 heavy (non-hydrogen) atoms. The molecular weight excluding hydrogens is 681 g/mol. The predicted octanol–water partition coefficient (Wildman–Crippen LogP) is 12.3. The lowest BCUT2D eigenvalue weighted by Crippen LogP contribution is -2.37. The van der Waals surface area contributed by atoms with Gasteiger partial charge in [0.2, 0.25) is 0 Å². The number of hydrogen-bond donors (Lipinski definition) is 0. The van der Waals surface area contributed by atoms with E-state index in [9.17, 15) is 0 Å². The molecule has 0 radical (unpaired) electrons. The van der Waals surface area contributed by atoms with Crippen LogP contribution in [0.1, 0.15) is 35.1 Å². The first-order valence-corrected chi connectivity index (χ1v) is 19.6. The zero-order valence-corrected chi connectivity index (χ0v) is 30.6. The van der Waals surface area contributed by atoms with Gasteiger partial charge in [-0.2, -0.15) is 0 Å². The van der Waals surface area contributed by atoms with Crippen molar-refractivity contribution in [2.45, 2.75) is 23.7 Å². The summed E-state index contributed by atoms with van der Waals surface area (Å²) in [7, 11) is 0. The molecule has 2 saturated carbocycles. The van der Waals surface area contributed by atoms with Crippen molar-refractivity contribution in [2.24, 2.45) is 5.92 Å². The molecule has 9 aromatic rings. The predicted molar refractivity (Wildman–Crippen MR) is 226 cm³/mol. The third-order valence-corrected chi connectivity index (χ3v) is 12.8. The number of nitrogens with zero attached hydrogens (tertiary/aromatic N) is 4. The van der Waals surface area contributed by atoms with Gasteiger partial charge in [-0.15, -0.1) is 0 Å². The smallest absolute Gasteiger partial charge is 0.164 e. The van der Waals surface area contributed by atoms with Crippen LogP contribution in [0.15, 0.2) is 188 Å². The Bertz CT molecular complexity index is 2930. The van der Waals surface area contributed by atoms with Crippen LogP contribution in [0, 0.1) is 5.92 Å². The summed E-state index contributed by atoms with van der Waals surface area (Å²) < 4.78 is 2.59. The van der Waals surface area contributed by atoms with Crippen molar-refractivity contribution in [3.8, 4) is 62.1 Å². The monoisotopic (exact) mass is 716 g/mol. The molecule has 0 N–H and O–H groups in total. The number of hydrogen-bond acceptors (Lipinski definition) is 3. The second-order valence-corrected chi connectivity index (χ2v) is 15.5. The summed E-state index contributed by atoms with van der Waals surface area (Å²) in [5.74, 6) is 3.64. The Morgan fingerprint density at radius 2 is 0.929 bits per heavy atom. The van der Waals surface area contributed by atoms with Crippen molar-refractivity contribution in [2.75, 3.05) is 0 Å². The average Bonchev–Trinajstić information content (AvgIpc) is 3.60. The molecule has 3 heterocycles. The molecule has 264 valence electrons. The van der Waals surface area contributed by atoms with Crippen molar-refractivity contribution in [1.82, 2.24) is 19.5 Å². The van der Waals surface area contributed by atoms with Crippen LogP contribution in [0.4, 0.5) is 0 Å². The highest BCUT2D eigenvalue weighted by Gasteiger charge is 2.79. The van der Waals surface area contributed by atoms with E-state index < -0.39 is 0 Å². The molecule has 4 atom stereocenters. The maximum Gasteiger partial charge on any atom is 0.164 e. The minimum Gasteiger partial charge on any atom is -0.312 e. The summed E-state index contributed by atoms with van der Waals surface area (Å²) >= 11 is 0. The minimum absolute atomic E-state index is 0.144. The van der Waals surface area contributed by atoms with Crippen LogP contribution in [0.3, 0.4) is 0 Å². The normalized spacial score (nSPS) is 20.0. The Balaban J connectivity index is 0.977.